The minimum absolute atomic E-state index is 0. The molecule has 17 nitrogen and oxygen atoms in total. The van der Waals surface area contributed by atoms with Gasteiger partial charge < -0.3 is 66.3 Å². The summed E-state index contributed by atoms with van der Waals surface area (Å²) in [5.74, 6) is -2.26. The van der Waals surface area contributed by atoms with Gasteiger partial charge in [0.2, 0.25) is 0 Å². The highest BCUT2D eigenvalue weighted by molar-refractivity contribution is 6.00. The molecule has 2 aromatic rings. The largest absolute Gasteiger partial charge is 0.499 e. The normalized spacial score (nSPS) is 9.85. The highest BCUT2D eigenvalue weighted by atomic mass is 16.6. The lowest BCUT2D eigenvalue weighted by Crippen LogP contribution is -2.16. The Bertz CT molecular complexity index is 1480. The molecule has 0 saturated heterocycles. The second-order valence-corrected chi connectivity index (χ2v) is 12.1. The lowest BCUT2D eigenvalue weighted by atomic mass is 9.99. The van der Waals surface area contributed by atoms with Crippen LogP contribution in [0.25, 0.3) is 0 Å². The maximum atomic E-state index is 12.3. The van der Waals surface area contributed by atoms with Crippen LogP contribution in [0.15, 0.2) is 120 Å². The molecule has 0 amide bonds. The minimum Gasteiger partial charge on any atom is -0.499 e. The predicted octanol–water partition coefficient (Wildman–Crippen LogP) is 7.67. The maximum Gasteiger partial charge on any atom is 0.338 e. The van der Waals surface area contributed by atoms with Gasteiger partial charge in [-0.15, -0.1) is 0 Å². The Kier molecular flexibility index (Phi) is 36.2. The quantitative estimate of drug-likeness (QED) is 0.0276. The highest BCUT2D eigenvalue weighted by Gasteiger charge is 2.19. The SMILES string of the molecule is C.C=COCCOC(=O)c1cc(C(=O)OCCOC=C)cc(C(=O)OCCOC=C)c1.C=COCCOCc1cc(COCCOC=C)c(COCCOC=C)cc1COCCOC=C. The lowest BCUT2D eigenvalue weighted by Gasteiger charge is -2.18. The summed E-state index contributed by atoms with van der Waals surface area (Å²) >= 11 is 0. The third kappa shape index (κ3) is 28.0. The Morgan fingerprint density at radius 3 is 0.723 bits per heavy atom. The Labute approximate surface area is 383 Å². The van der Waals surface area contributed by atoms with Gasteiger partial charge in [0.1, 0.15) is 66.1 Å². The lowest BCUT2D eigenvalue weighted by molar-refractivity contribution is 0.0414. The van der Waals surface area contributed by atoms with Crippen molar-refractivity contribution in [2.75, 3.05) is 92.5 Å². The van der Waals surface area contributed by atoms with Crippen molar-refractivity contribution in [1.82, 2.24) is 0 Å². The summed E-state index contributed by atoms with van der Waals surface area (Å²) in [4.78, 5) is 36.9. The molecule has 17 heteroatoms. The van der Waals surface area contributed by atoms with Crippen LogP contribution in [-0.2, 0) is 92.7 Å². The summed E-state index contributed by atoms with van der Waals surface area (Å²) in [5.41, 5.74) is 3.93. The molecule has 360 valence electrons. The number of esters is 3. The molecule has 0 atom stereocenters. The first-order valence-corrected chi connectivity index (χ1v) is 20.0. The number of carbonyl (C=O) groups is 3. The number of hydrogen-bond donors (Lipinski definition) is 0. The van der Waals surface area contributed by atoms with Crippen LogP contribution >= 0.6 is 0 Å². The summed E-state index contributed by atoms with van der Waals surface area (Å²) in [5, 5.41) is 0. The zero-order valence-corrected chi connectivity index (χ0v) is 36.5. The van der Waals surface area contributed by atoms with E-state index in [2.05, 4.69) is 58.2 Å². The van der Waals surface area contributed by atoms with Crippen LogP contribution in [0.5, 0.6) is 0 Å². The molecule has 0 N–H and O–H groups in total. The van der Waals surface area contributed by atoms with Crippen molar-refractivity contribution in [3.8, 4) is 0 Å². The van der Waals surface area contributed by atoms with Gasteiger partial charge >= 0.3 is 17.9 Å². The number of hydrogen-bond acceptors (Lipinski definition) is 17. The molecule has 2 rings (SSSR count). The van der Waals surface area contributed by atoms with E-state index in [0.717, 1.165) is 22.3 Å². The monoisotopic (exact) mass is 914 g/mol. The first kappa shape index (κ1) is 58.5. The van der Waals surface area contributed by atoms with Crippen molar-refractivity contribution in [1.29, 1.82) is 0 Å². The summed E-state index contributed by atoms with van der Waals surface area (Å²) in [7, 11) is 0. The van der Waals surface area contributed by atoms with Crippen LogP contribution in [-0.4, -0.2) is 110 Å². The molecule has 2 aromatic carbocycles. The van der Waals surface area contributed by atoms with Crippen molar-refractivity contribution in [3.05, 3.63) is 159 Å². The molecule has 0 spiro atoms. The summed E-state index contributed by atoms with van der Waals surface area (Å²) in [6, 6.07) is 7.90. The molecule has 0 heterocycles. The summed E-state index contributed by atoms with van der Waals surface area (Å²) in [6.07, 6.45) is 9.23. The van der Waals surface area contributed by atoms with E-state index < -0.39 is 17.9 Å². The third-order valence-electron chi connectivity index (χ3n) is 7.70. The van der Waals surface area contributed by atoms with Gasteiger partial charge in [-0.05, 0) is 40.5 Å². The smallest absolute Gasteiger partial charge is 0.338 e. The van der Waals surface area contributed by atoms with Gasteiger partial charge in [-0.2, -0.15) is 0 Å². The number of ether oxygens (including phenoxy) is 14. The molecular formula is C48H66O17. The Morgan fingerprint density at radius 2 is 0.523 bits per heavy atom. The Morgan fingerprint density at radius 1 is 0.323 bits per heavy atom. The van der Waals surface area contributed by atoms with Gasteiger partial charge in [-0.25, -0.2) is 14.4 Å². The van der Waals surface area contributed by atoms with Gasteiger partial charge in [0.05, 0.1) is 113 Å². The number of carbonyl (C=O) groups excluding carboxylic acids is 3. The average Bonchev–Trinajstić information content (AvgIpc) is 3.30. The molecule has 0 fully saturated rings. The topological polar surface area (TPSA) is 180 Å². The summed E-state index contributed by atoms with van der Waals surface area (Å²) < 4.78 is 73.4. The summed E-state index contributed by atoms with van der Waals surface area (Å²) in [6.45, 7) is 29.6. The van der Waals surface area contributed by atoms with Gasteiger partial charge in [0.25, 0.3) is 0 Å². The van der Waals surface area contributed by atoms with Crippen molar-refractivity contribution >= 4 is 17.9 Å². The third-order valence-corrected chi connectivity index (χ3v) is 7.70. The van der Waals surface area contributed by atoms with Crippen LogP contribution in [0.1, 0.15) is 60.8 Å². The molecule has 0 aliphatic carbocycles. The minimum atomic E-state index is -0.753. The Hall–Kier alpha value is -6.53. The van der Waals surface area contributed by atoms with Crippen LogP contribution in [0.4, 0.5) is 0 Å². The zero-order valence-electron chi connectivity index (χ0n) is 36.5. The van der Waals surface area contributed by atoms with Crippen LogP contribution in [0.3, 0.4) is 0 Å². The average molecular weight is 915 g/mol. The highest BCUT2D eigenvalue weighted by Crippen LogP contribution is 2.22. The van der Waals surface area contributed by atoms with Crippen LogP contribution in [0, 0.1) is 0 Å². The van der Waals surface area contributed by atoms with Crippen molar-refractivity contribution < 1.29 is 80.7 Å². The second-order valence-electron chi connectivity index (χ2n) is 12.1. The molecule has 0 aromatic heterocycles. The van der Waals surface area contributed by atoms with E-state index in [9.17, 15) is 14.4 Å². The molecule has 0 aliphatic heterocycles. The van der Waals surface area contributed by atoms with E-state index in [4.69, 9.17) is 66.3 Å². The fourth-order valence-electron chi connectivity index (χ4n) is 4.85. The van der Waals surface area contributed by atoms with E-state index in [1.807, 2.05) is 0 Å². The van der Waals surface area contributed by atoms with E-state index in [1.165, 1.54) is 62.0 Å². The molecule has 65 heavy (non-hydrogen) atoms. The standard InChI is InChI=1S/C26H38O8.C21H24O9.CH4/c1-5-27-9-13-31-19-23-17-25(21-33-15-11-29-7-3)26(22-34-16-12-30-8-4)18-24(23)20-32-14-10-28-6-2;1-4-25-7-10-28-19(22)16-13-17(20(23)29-11-8-26-5-2)15-18(14-16)21(24)30-12-9-27-6-3;/h5-8,17-18H,1-4,9-16,19-22H2;4-6,13-15H,1-3,7-12H2;1H4. The van der Waals surface area contributed by atoms with Gasteiger partial charge in [0.15, 0.2) is 0 Å². The number of benzene rings is 2. The van der Waals surface area contributed by atoms with E-state index in [0.29, 0.717) is 79.3 Å². The van der Waals surface area contributed by atoms with Gasteiger partial charge in [-0.1, -0.05) is 65.6 Å². The van der Waals surface area contributed by atoms with E-state index in [1.54, 1.807) is 0 Å². The van der Waals surface area contributed by atoms with Crippen LogP contribution < -0.4 is 0 Å². The van der Waals surface area contributed by atoms with E-state index in [-0.39, 0.29) is 63.8 Å². The van der Waals surface area contributed by atoms with Crippen LogP contribution in [0.2, 0.25) is 0 Å². The van der Waals surface area contributed by atoms with Crippen molar-refractivity contribution in [2.24, 2.45) is 0 Å². The first-order valence-electron chi connectivity index (χ1n) is 20.0. The van der Waals surface area contributed by atoms with E-state index >= 15 is 0 Å². The second kappa shape index (κ2) is 40.3. The Balaban J connectivity index is 0.00000125. The first-order chi connectivity index (χ1) is 31.3. The zero-order chi connectivity index (χ0) is 46.9. The maximum absolute atomic E-state index is 12.3. The fraction of sp³-hybridized carbons (Fsp3) is 0.396. The molecule has 0 bridgehead atoms. The predicted molar refractivity (Wildman–Crippen MR) is 242 cm³/mol. The van der Waals surface area contributed by atoms with Crippen molar-refractivity contribution in [3.63, 3.8) is 0 Å². The molecule has 0 saturated carbocycles. The molecule has 0 radical (unpaired) electrons. The molecular weight excluding hydrogens is 849 g/mol. The number of rotatable bonds is 39. The molecule has 0 unspecified atom stereocenters. The molecule has 0 aliphatic rings. The fourth-order valence-corrected chi connectivity index (χ4v) is 4.85. The van der Waals surface area contributed by atoms with Gasteiger partial charge in [0, 0.05) is 0 Å². The van der Waals surface area contributed by atoms with Gasteiger partial charge in [-0.3, -0.25) is 0 Å². The van der Waals surface area contributed by atoms with Crippen molar-refractivity contribution in [2.45, 2.75) is 33.9 Å².